The molecule has 0 bridgehead atoms. The molecular weight excluding hydrogens is 219 g/mol. The third kappa shape index (κ3) is 1.89. The number of aromatic amines is 1. The molecule has 0 aliphatic heterocycles. The normalized spacial score (nSPS) is 11.5. The number of benzene rings is 1. The van der Waals surface area contributed by atoms with Gasteiger partial charge in [0.25, 0.3) is 0 Å². The van der Waals surface area contributed by atoms with Gasteiger partial charge >= 0.3 is 10.2 Å². The molecule has 0 spiro atoms. The first-order valence-electron chi connectivity index (χ1n) is 4.12. The van der Waals surface area contributed by atoms with Gasteiger partial charge in [-0.25, -0.2) is 0 Å². The van der Waals surface area contributed by atoms with Crippen molar-refractivity contribution in [2.24, 2.45) is 0 Å². The summed E-state index contributed by atoms with van der Waals surface area (Å²) in [5, 5.41) is 5.98. The molecule has 15 heavy (non-hydrogen) atoms. The monoisotopic (exact) mass is 226 g/mol. The number of hydrogen-bond donors (Lipinski definition) is 1. The predicted octanol–water partition coefficient (Wildman–Crippen LogP) is 1.73. The highest BCUT2D eigenvalue weighted by Crippen LogP contribution is 2.25. The van der Waals surface area contributed by atoms with Crippen molar-refractivity contribution in [2.75, 3.05) is 0 Å². The molecule has 0 saturated heterocycles. The van der Waals surface area contributed by atoms with Crippen molar-refractivity contribution in [2.45, 2.75) is 4.90 Å². The lowest BCUT2D eigenvalue weighted by atomic mass is 10.2. The van der Waals surface area contributed by atoms with Crippen LogP contribution < -0.4 is 0 Å². The van der Waals surface area contributed by atoms with E-state index in [2.05, 4.69) is 10.2 Å². The first-order chi connectivity index (χ1) is 7.09. The van der Waals surface area contributed by atoms with Gasteiger partial charge in [0.15, 0.2) is 0 Å². The molecule has 1 N–H and O–H groups in total. The van der Waals surface area contributed by atoms with Crippen molar-refractivity contribution < 1.29 is 12.3 Å². The first kappa shape index (κ1) is 9.85. The molecular formula is C9H7FN2O2S. The smallest absolute Gasteiger partial charge is 0.276 e. The first-order valence-corrected chi connectivity index (χ1v) is 5.51. The molecule has 0 aliphatic carbocycles. The van der Waals surface area contributed by atoms with Crippen LogP contribution in [0.25, 0.3) is 11.3 Å². The van der Waals surface area contributed by atoms with Gasteiger partial charge in [0.1, 0.15) is 4.90 Å². The Kier molecular flexibility index (Phi) is 2.28. The summed E-state index contributed by atoms with van der Waals surface area (Å²) < 4.78 is 34.3. The Bertz CT molecular complexity index is 563. The lowest BCUT2D eigenvalue weighted by Crippen LogP contribution is -1.92. The summed E-state index contributed by atoms with van der Waals surface area (Å²) >= 11 is 0. The predicted molar refractivity (Wildman–Crippen MR) is 52.3 cm³/mol. The number of halogens is 1. The summed E-state index contributed by atoms with van der Waals surface area (Å²) in [6.45, 7) is 0. The van der Waals surface area contributed by atoms with Crippen molar-refractivity contribution >= 4 is 10.2 Å². The maximum Gasteiger partial charge on any atom is 0.335 e. The Morgan fingerprint density at radius 2 is 1.87 bits per heavy atom. The molecule has 78 valence electrons. The highest BCUT2D eigenvalue weighted by Gasteiger charge is 2.20. The lowest BCUT2D eigenvalue weighted by molar-refractivity contribution is 0.552. The molecule has 0 atom stereocenters. The van der Waals surface area contributed by atoms with E-state index in [0.717, 1.165) is 6.20 Å². The lowest BCUT2D eigenvalue weighted by Gasteiger charge is -1.98. The molecule has 1 heterocycles. The van der Waals surface area contributed by atoms with Gasteiger partial charge in [0.05, 0.1) is 11.9 Å². The van der Waals surface area contributed by atoms with Gasteiger partial charge in [-0.3, -0.25) is 5.10 Å². The van der Waals surface area contributed by atoms with Gasteiger partial charge in [-0.05, 0) is 0 Å². The number of nitrogens with zero attached hydrogens (tertiary/aromatic N) is 1. The van der Waals surface area contributed by atoms with Gasteiger partial charge in [-0.2, -0.15) is 13.5 Å². The summed E-state index contributed by atoms with van der Waals surface area (Å²) in [7, 11) is -4.73. The SMILES string of the molecule is O=S(=O)(F)c1cn[nH]c1-c1ccccc1. The molecule has 2 aromatic rings. The minimum absolute atomic E-state index is 0.165. The van der Waals surface area contributed by atoms with E-state index in [4.69, 9.17) is 0 Å². The second-order valence-corrected chi connectivity index (χ2v) is 4.23. The Labute approximate surface area is 86.0 Å². The molecule has 0 fully saturated rings. The van der Waals surface area contributed by atoms with Gasteiger partial charge in [-0.15, -0.1) is 3.89 Å². The van der Waals surface area contributed by atoms with Crippen LogP contribution in [0.3, 0.4) is 0 Å². The fourth-order valence-electron chi connectivity index (χ4n) is 1.27. The summed E-state index contributed by atoms with van der Waals surface area (Å²) in [4.78, 5) is -0.436. The number of H-pyrrole nitrogens is 1. The van der Waals surface area contributed by atoms with Gasteiger partial charge in [-0.1, -0.05) is 30.3 Å². The standard InChI is InChI=1S/C9H7FN2O2S/c10-15(13,14)8-6-11-12-9(8)7-4-2-1-3-5-7/h1-6H,(H,11,12). The maximum absolute atomic E-state index is 12.8. The zero-order valence-electron chi connectivity index (χ0n) is 7.51. The number of hydrogen-bond acceptors (Lipinski definition) is 3. The van der Waals surface area contributed by atoms with E-state index in [9.17, 15) is 12.3 Å². The molecule has 0 unspecified atom stereocenters. The zero-order chi connectivity index (χ0) is 10.9. The third-order valence-electron chi connectivity index (χ3n) is 1.93. The Morgan fingerprint density at radius 3 is 2.47 bits per heavy atom. The molecule has 4 nitrogen and oxygen atoms in total. The summed E-state index contributed by atoms with van der Waals surface area (Å²) in [6.07, 6.45) is 0.956. The molecule has 0 amide bonds. The molecule has 1 aromatic heterocycles. The van der Waals surface area contributed by atoms with E-state index in [0.29, 0.717) is 5.56 Å². The van der Waals surface area contributed by atoms with Crippen LogP contribution in [0.2, 0.25) is 0 Å². The fraction of sp³-hybridized carbons (Fsp3) is 0. The van der Waals surface area contributed by atoms with Crippen molar-refractivity contribution in [3.05, 3.63) is 36.5 Å². The van der Waals surface area contributed by atoms with E-state index in [-0.39, 0.29) is 5.69 Å². The van der Waals surface area contributed by atoms with Crippen molar-refractivity contribution in [1.82, 2.24) is 10.2 Å². The van der Waals surface area contributed by atoms with Gasteiger partial charge in [0, 0.05) is 5.56 Å². The highest BCUT2D eigenvalue weighted by molar-refractivity contribution is 7.86. The van der Waals surface area contributed by atoms with Crippen LogP contribution in [0.15, 0.2) is 41.4 Å². The Balaban J connectivity index is 2.61. The van der Waals surface area contributed by atoms with Gasteiger partial charge < -0.3 is 0 Å². The van der Waals surface area contributed by atoms with Crippen molar-refractivity contribution in [3.63, 3.8) is 0 Å². The molecule has 0 radical (unpaired) electrons. The van der Waals surface area contributed by atoms with Crippen molar-refractivity contribution in [1.29, 1.82) is 0 Å². The molecule has 1 aromatic carbocycles. The summed E-state index contributed by atoms with van der Waals surface area (Å²) in [5.74, 6) is 0. The van der Waals surface area contributed by atoms with E-state index in [1.54, 1.807) is 30.3 Å². The topological polar surface area (TPSA) is 62.8 Å². The summed E-state index contributed by atoms with van der Waals surface area (Å²) in [6, 6.07) is 8.57. The average molecular weight is 226 g/mol. The quantitative estimate of drug-likeness (QED) is 0.793. The van der Waals surface area contributed by atoms with Crippen LogP contribution in [0.1, 0.15) is 0 Å². The van der Waals surface area contributed by atoms with Crippen LogP contribution in [0, 0.1) is 0 Å². The van der Waals surface area contributed by atoms with Crippen LogP contribution >= 0.6 is 0 Å². The molecule has 2 rings (SSSR count). The zero-order valence-corrected chi connectivity index (χ0v) is 8.33. The molecule has 0 aliphatic rings. The number of rotatable bonds is 2. The number of aromatic nitrogens is 2. The third-order valence-corrected chi connectivity index (χ3v) is 2.76. The van der Waals surface area contributed by atoms with E-state index < -0.39 is 15.1 Å². The van der Waals surface area contributed by atoms with E-state index >= 15 is 0 Å². The van der Waals surface area contributed by atoms with Crippen molar-refractivity contribution in [3.8, 4) is 11.3 Å². The van der Waals surface area contributed by atoms with Crippen LogP contribution in [0.5, 0.6) is 0 Å². The minimum Gasteiger partial charge on any atom is -0.276 e. The maximum atomic E-state index is 12.8. The number of nitrogens with one attached hydrogen (secondary N) is 1. The van der Waals surface area contributed by atoms with E-state index in [1.807, 2.05) is 0 Å². The second kappa shape index (κ2) is 3.47. The minimum atomic E-state index is -4.73. The van der Waals surface area contributed by atoms with Crippen LogP contribution in [-0.2, 0) is 10.2 Å². The van der Waals surface area contributed by atoms with Crippen LogP contribution in [0.4, 0.5) is 3.89 Å². The molecule has 0 saturated carbocycles. The van der Waals surface area contributed by atoms with E-state index in [1.165, 1.54) is 0 Å². The average Bonchev–Trinajstić information content (AvgIpc) is 2.67. The highest BCUT2D eigenvalue weighted by atomic mass is 32.3. The van der Waals surface area contributed by atoms with Crippen LogP contribution in [-0.4, -0.2) is 18.6 Å². The largest absolute Gasteiger partial charge is 0.335 e. The Hall–Kier alpha value is -1.69. The fourth-order valence-corrected chi connectivity index (χ4v) is 1.86. The molecule has 6 heteroatoms. The second-order valence-electron chi connectivity index (χ2n) is 2.91. The Morgan fingerprint density at radius 1 is 1.20 bits per heavy atom. The summed E-state index contributed by atoms with van der Waals surface area (Å²) in [5.41, 5.74) is 0.740. The van der Waals surface area contributed by atoms with Gasteiger partial charge in [0.2, 0.25) is 0 Å².